The Bertz CT molecular complexity index is 946. The molecule has 7 nitrogen and oxygen atoms in total. The molecule has 0 radical (unpaired) electrons. The Kier molecular flexibility index (Phi) is 8.44. The monoisotopic (exact) mass is 519 g/mol. The van der Waals surface area contributed by atoms with Crippen LogP contribution in [0.3, 0.4) is 0 Å². The van der Waals surface area contributed by atoms with Crippen LogP contribution >= 0.6 is 24.0 Å². The number of aromatic nitrogens is 3. The number of benzene rings is 1. The molecule has 0 atom stereocenters. The van der Waals surface area contributed by atoms with E-state index >= 15 is 0 Å². The predicted molar refractivity (Wildman–Crippen MR) is 131 cm³/mol. The fraction of sp³-hybridized carbons (Fsp3) is 0.409. The van der Waals surface area contributed by atoms with E-state index in [-0.39, 0.29) is 24.0 Å². The molecule has 0 unspecified atom stereocenters. The van der Waals surface area contributed by atoms with E-state index in [0.717, 1.165) is 30.5 Å². The van der Waals surface area contributed by atoms with E-state index < -0.39 is 0 Å². The summed E-state index contributed by atoms with van der Waals surface area (Å²) in [4.78, 5) is 7.25. The summed E-state index contributed by atoms with van der Waals surface area (Å²) in [5, 5.41) is 15.1. The fourth-order valence-electron chi connectivity index (χ4n) is 3.64. The van der Waals surface area contributed by atoms with E-state index in [4.69, 9.17) is 4.99 Å². The number of nitrogens with zero attached hydrogens (tertiary/aromatic N) is 5. The van der Waals surface area contributed by atoms with Gasteiger partial charge in [0.15, 0.2) is 17.4 Å². The molecule has 2 N–H and O–H groups in total. The molecule has 1 aromatic carbocycles. The molecular weight excluding hydrogens is 489 g/mol. The first-order valence-electron chi connectivity index (χ1n) is 10.4. The molecule has 1 aliphatic rings. The maximum atomic E-state index is 4.72. The lowest BCUT2D eigenvalue weighted by Gasteiger charge is -2.14. The van der Waals surface area contributed by atoms with Crippen LogP contribution < -0.4 is 10.6 Å². The van der Waals surface area contributed by atoms with Crippen molar-refractivity contribution in [3.05, 3.63) is 65.6 Å². The van der Waals surface area contributed by atoms with Crippen LogP contribution in [0.5, 0.6) is 0 Å². The van der Waals surface area contributed by atoms with Crippen molar-refractivity contribution >= 4 is 35.6 Å². The van der Waals surface area contributed by atoms with Crippen molar-refractivity contribution in [2.24, 2.45) is 4.99 Å². The van der Waals surface area contributed by atoms with Crippen LogP contribution in [0.25, 0.3) is 5.65 Å². The average Bonchev–Trinajstić information content (AvgIpc) is 3.41. The number of hydrogen-bond donors (Lipinski definition) is 2. The van der Waals surface area contributed by atoms with E-state index in [2.05, 4.69) is 56.9 Å². The molecule has 0 amide bonds. The molecule has 0 bridgehead atoms. The van der Waals surface area contributed by atoms with Gasteiger partial charge in [0.1, 0.15) is 0 Å². The number of rotatable bonds is 7. The third-order valence-corrected chi connectivity index (χ3v) is 5.19. The van der Waals surface area contributed by atoms with Crippen LogP contribution in [0.4, 0.5) is 0 Å². The molecule has 160 valence electrons. The van der Waals surface area contributed by atoms with Crippen molar-refractivity contribution < 1.29 is 0 Å². The van der Waals surface area contributed by atoms with Crippen molar-refractivity contribution in [2.75, 3.05) is 19.6 Å². The van der Waals surface area contributed by atoms with Crippen molar-refractivity contribution in [2.45, 2.75) is 39.4 Å². The molecule has 0 saturated carbocycles. The summed E-state index contributed by atoms with van der Waals surface area (Å²) in [5.41, 5.74) is 3.43. The standard InChI is InChI=1S/C22H29N7.HI/c1-2-23-22(25-16-21-27-26-20-7-3-4-14-29(20)21)24-15-18-8-10-19(11-9-18)17-28-12-5-6-13-28;/h3-4,7-11,14H,2,5-6,12-13,15-17H2,1H3,(H2,23,24,25);1H. The van der Waals surface area contributed by atoms with Gasteiger partial charge in [0, 0.05) is 19.3 Å². The second-order valence-corrected chi connectivity index (χ2v) is 7.39. The Morgan fingerprint density at radius 1 is 1.00 bits per heavy atom. The van der Waals surface area contributed by atoms with Crippen LogP contribution in [0, 0.1) is 0 Å². The highest BCUT2D eigenvalue weighted by Crippen LogP contribution is 2.13. The van der Waals surface area contributed by atoms with Gasteiger partial charge in [0.2, 0.25) is 0 Å². The molecule has 0 spiro atoms. The van der Waals surface area contributed by atoms with Crippen molar-refractivity contribution in [1.82, 2.24) is 30.1 Å². The average molecular weight is 519 g/mol. The number of nitrogens with one attached hydrogen (secondary N) is 2. The molecule has 3 aromatic rings. The zero-order chi connectivity index (χ0) is 19.9. The van der Waals surface area contributed by atoms with Gasteiger partial charge in [-0.1, -0.05) is 30.3 Å². The van der Waals surface area contributed by atoms with E-state index in [9.17, 15) is 0 Å². The van der Waals surface area contributed by atoms with Crippen molar-refractivity contribution in [3.63, 3.8) is 0 Å². The van der Waals surface area contributed by atoms with Gasteiger partial charge >= 0.3 is 0 Å². The SMILES string of the molecule is CCNC(=NCc1ccc(CN2CCCC2)cc1)NCc1nnc2ccccn12.I. The summed E-state index contributed by atoms with van der Waals surface area (Å²) in [6.07, 6.45) is 4.63. The maximum absolute atomic E-state index is 4.72. The van der Waals surface area contributed by atoms with Gasteiger partial charge in [-0.25, -0.2) is 4.99 Å². The van der Waals surface area contributed by atoms with Crippen LogP contribution in [0.15, 0.2) is 53.7 Å². The first-order chi connectivity index (χ1) is 14.3. The topological polar surface area (TPSA) is 69.8 Å². The van der Waals surface area contributed by atoms with Gasteiger partial charge in [-0.2, -0.15) is 0 Å². The van der Waals surface area contributed by atoms with Gasteiger partial charge in [-0.05, 0) is 56.1 Å². The van der Waals surface area contributed by atoms with E-state index in [1.807, 2.05) is 28.8 Å². The van der Waals surface area contributed by atoms with Gasteiger partial charge < -0.3 is 10.6 Å². The van der Waals surface area contributed by atoms with E-state index in [0.29, 0.717) is 13.1 Å². The molecule has 1 fully saturated rings. The number of halogens is 1. The highest BCUT2D eigenvalue weighted by molar-refractivity contribution is 14.0. The number of fused-ring (bicyclic) bond motifs is 1. The lowest BCUT2D eigenvalue weighted by molar-refractivity contribution is 0.331. The summed E-state index contributed by atoms with van der Waals surface area (Å²) in [6.45, 7) is 7.58. The molecule has 4 rings (SSSR count). The van der Waals surface area contributed by atoms with Gasteiger partial charge in [0.25, 0.3) is 0 Å². The maximum Gasteiger partial charge on any atom is 0.191 e. The first kappa shape index (κ1) is 22.5. The smallest absolute Gasteiger partial charge is 0.191 e. The van der Waals surface area contributed by atoms with Crippen LogP contribution in [-0.4, -0.2) is 45.1 Å². The minimum Gasteiger partial charge on any atom is -0.357 e. The molecule has 1 aliphatic heterocycles. The third-order valence-electron chi connectivity index (χ3n) is 5.19. The Morgan fingerprint density at radius 3 is 2.53 bits per heavy atom. The van der Waals surface area contributed by atoms with Gasteiger partial charge in [-0.15, -0.1) is 34.2 Å². The van der Waals surface area contributed by atoms with E-state index in [1.54, 1.807) is 0 Å². The number of guanidine groups is 1. The Hall–Kier alpha value is -2.20. The Balaban J connectivity index is 0.00000256. The molecular formula is C22H30IN7. The first-order valence-corrected chi connectivity index (χ1v) is 10.4. The van der Waals surface area contributed by atoms with E-state index in [1.165, 1.54) is 37.1 Å². The lowest BCUT2D eigenvalue weighted by atomic mass is 10.1. The second kappa shape index (κ2) is 11.3. The van der Waals surface area contributed by atoms with Crippen molar-refractivity contribution in [3.8, 4) is 0 Å². The predicted octanol–water partition coefficient (Wildman–Crippen LogP) is 3.20. The number of aliphatic imine (C=N–C) groups is 1. The number of hydrogen-bond acceptors (Lipinski definition) is 4. The fourth-order valence-corrected chi connectivity index (χ4v) is 3.64. The summed E-state index contributed by atoms with van der Waals surface area (Å²) >= 11 is 0. The minimum atomic E-state index is 0. The van der Waals surface area contributed by atoms with Crippen LogP contribution in [0.2, 0.25) is 0 Å². The molecule has 8 heteroatoms. The highest BCUT2D eigenvalue weighted by atomic mass is 127. The van der Waals surface area contributed by atoms with Gasteiger partial charge in [0.05, 0.1) is 13.1 Å². The molecule has 0 aliphatic carbocycles. The third kappa shape index (κ3) is 5.91. The summed E-state index contributed by atoms with van der Waals surface area (Å²) in [5.74, 6) is 1.64. The van der Waals surface area contributed by atoms with Gasteiger partial charge in [-0.3, -0.25) is 9.30 Å². The zero-order valence-corrected chi connectivity index (χ0v) is 19.8. The zero-order valence-electron chi connectivity index (χ0n) is 17.4. The van der Waals surface area contributed by atoms with Crippen LogP contribution in [0.1, 0.15) is 36.7 Å². The quantitative estimate of drug-likeness (QED) is 0.285. The summed E-state index contributed by atoms with van der Waals surface area (Å²) < 4.78 is 1.98. The number of pyridine rings is 1. The Morgan fingerprint density at radius 2 is 1.77 bits per heavy atom. The second-order valence-electron chi connectivity index (χ2n) is 7.39. The summed E-state index contributed by atoms with van der Waals surface area (Å²) in [7, 11) is 0. The Labute approximate surface area is 195 Å². The van der Waals surface area contributed by atoms with Crippen molar-refractivity contribution in [1.29, 1.82) is 0 Å². The van der Waals surface area contributed by atoms with Crippen LogP contribution in [-0.2, 0) is 19.6 Å². The largest absolute Gasteiger partial charge is 0.357 e. The summed E-state index contributed by atoms with van der Waals surface area (Å²) in [6, 6.07) is 14.7. The highest BCUT2D eigenvalue weighted by Gasteiger charge is 2.11. The normalized spacial score (nSPS) is 14.6. The molecule has 2 aromatic heterocycles. The minimum absolute atomic E-state index is 0. The molecule has 3 heterocycles. The lowest BCUT2D eigenvalue weighted by Crippen LogP contribution is -2.37. The molecule has 1 saturated heterocycles. The number of likely N-dealkylation sites (tertiary alicyclic amines) is 1. The molecule has 30 heavy (non-hydrogen) atoms.